The van der Waals surface area contributed by atoms with Gasteiger partial charge in [-0.3, -0.25) is 4.79 Å². The number of carbonyl (C=O) groups excluding carboxylic acids is 1. The van der Waals surface area contributed by atoms with Crippen molar-refractivity contribution in [2.75, 3.05) is 12.0 Å². The molecule has 0 aromatic heterocycles. The maximum absolute atomic E-state index is 10.5. The monoisotopic (exact) mass is 277 g/mol. The first kappa shape index (κ1) is 10.1. The van der Waals surface area contributed by atoms with Gasteiger partial charge in [0, 0.05) is 28.6 Å². The highest BCUT2D eigenvalue weighted by Crippen LogP contribution is 2.01. The van der Waals surface area contributed by atoms with Gasteiger partial charge in [0.2, 0.25) is 5.12 Å². The number of thiol groups is 1. The van der Waals surface area contributed by atoms with Crippen LogP contribution >= 0.6 is 47.3 Å². The summed E-state index contributed by atoms with van der Waals surface area (Å²) in [6.45, 7) is 0. The lowest BCUT2D eigenvalue weighted by atomic mass is 10.4. The molecule has 0 rings (SSSR count). The molecule has 0 radical (unpaired) electrons. The molecule has 0 aliphatic heterocycles. The van der Waals surface area contributed by atoms with Gasteiger partial charge in [-0.1, -0.05) is 0 Å². The van der Waals surface area contributed by atoms with Crippen molar-refractivity contribution in [3.05, 3.63) is 0 Å². The Balaban J connectivity index is 3.54. The summed E-state index contributed by atoms with van der Waals surface area (Å²) in [5, 5.41) is -0.0984. The fourth-order valence-electron chi connectivity index (χ4n) is 0.316. The van der Waals surface area contributed by atoms with Crippen molar-refractivity contribution in [3.8, 4) is 0 Å². The minimum absolute atomic E-state index is 0.0984. The predicted octanol–water partition coefficient (Wildman–Crippen LogP) is 1.11. The molecule has 2 nitrogen and oxygen atoms in total. The van der Waals surface area contributed by atoms with Gasteiger partial charge in [-0.25, -0.2) is 3.53 Å². The van der Waals surface area contributed by atoms with E-state index in [2.05, 4.69) is 16.2 Å². The van der Waals surface area contributed by atoms with Crippen LogP contribution in [0.1, 0.15) is 0 Å². The maximum atomic E-state index is 10.5. The molecule has 0 aliphatic carbocycles. The Morgan fingerprint density at radius 2 is 2.56 bits per heavy atom. The molecule has 1 unspecified atom stereocenters. The number of hydrogen-bond donors (Lipinski definition) is 2. The van der Waals surface area contributed by atoms with Crippen molar-refractivity contribution in [1.29, 1.82) is 0 Å². The fraction of sp³-hybridized carbons (Fsp3) is 0.750. The van der Waals surface area contributed by atoms with Gasteiger partial charge in [-0.05, 0) is 6.26 Å². The fourth-order valence-corrected chi connectivity index (χ4v) is 2.21. The summed E-state index contributed by atoms with van der Waals surface area (Å²) in [6.07, 6.45) is 1.96. The van der Waals surface area contributed by atoms with Gasteiger partial charge < -0.3 is 0 Å². The lowest BCUT2D eigenvalue weighted by Gasteiger charge is -2.06. The van der Waals surface area contributed by atoms with Crippen LogP contribution < -0.4 is 3.53 Å². The van der Waals surface area contributed by atoms with Gasteiger partial charge in [-0.2, -0.15) is 11.8 Å². The van der Waals surface area contributed by atoms with Gasteiger partial charge in [-0.15, -0.1) is 12.6 Å². The van der Waals surface area contributed by atoms with Crippen LogP contribution in [-0.4, -0.2) is 23.2 Å². The Labute approximate surface area is 78.4 Å². The van der Waals surface area contributed by atoms with E-state index in [1.54, 1.807) is 11.8 Å². The van der Waals surface area contributed by atoms with Gasteiger partial charge in [0.15, 0.2) is 0 Å². The van der Waals surface area contributed by atoms with Crippen molar-refractivity contribution >= 4 is 52.4 Å². The lowest BCUT2D eigenvalue weighted by Crippen LogP contribution is -2.29. The van der Waals surface area contributed by atoms with Crippen LogP contribution in [0.4, 0.5) is 0 Å². The van der Waals surface area contributed by atoms with Crippen molar-refractivity contribution in [2.45, 2.75) is 6.04 Å². The molecule has 0 aliphatic rings. The summed E-state index contributed by atoms with van der Waals surface area (Å²) in [5.74, 6) is 0.783. The Morgan fingerprint density at radius 3 is 2.67 bits per heavy atom. The zero-order valence-electron chi connectivity index (χ0n) is 4.93. The Hall–Kier alpha value is 1.06. The van der Waals surface area contributed by atoms with E-state index in [9.17, 15) is 4.79 Å². The molecule has 0 aromatic carbocycles. The van der Waals surface area contributed by atoms with E-state index in [0.29, 0.717) is 0 Å². The smallest absolute Gasteiger partial charge is 0.204 e. The van der Waals surface area contributed by atoms with Crippen LogP contribution in [0.5, 0.6) is 0 Å². The van der Waals surface area contributed by atoms with Crippen LogP contribution in [0.15, 0.2) is 0 Å². The van der Waals surface area contributed by atoms with Crippen molar-refractivity contribution in [1.82, 2.24) is 3.53 Å². The number of nitrogens with one attached hydrogen (secondary N) is 1. The van der Waals surface area contributed by atoms with Crippen LogP contribution in [0.3, 0.4) is 0 Å². The molecule has 5 heteroatoms. The summed E-state index contributed by atoms with van der Waals surface area (Å²) in [5.41, 5.74) is 0. The largest absolute Gasteiger partial charge is 0.286 e. The first-order valence-electron chi connectivity index (χ1n) is 2.30. The van der Waals surface area contributed by atoms with E-state index in [-0.39, 0.29) is 11.2 Å². The van der Waals surface area contributed by atoms with Gasteiger partial charge in [0.05, 0.1) is 6.04 Å². The third-order valence-corrected chi connectivity index (χ3v) is 2.49. The predicted molar refractivity (Wildman–Crippen MR) is 53.3 cm³/mol. The normalized spacial score (nSPS) is 13.2. The first-order valence-corrected chi connectivity index (χ1v) is 5.22. The summed E-state index contributed by atoms with van der Waals surface area (Å²) in [4.78, 5) is 10.5. The SMILES string of the molecule is CSCC(NI)C(=O)S. The molecule has 0 saturated carbocycles. The third-order valence-electron chi connectivity index (χ3n) is 0.763. The molecular formula is C4H8INOS2. The summed E-state index contributed by atoms with van der Waals surface area (Å²) in [6, 6.07) is -0.107. The number of carbonyl (C=O) groups is 1. The van der Waals surface area contributed by atoms with E-state index in [0.717, 1.165) is 5.75 Å². The summed E-state index contributed by atoms with van der Waals surface area (Å²) >= 11 is 7.27. The van der Waals surface area contributed by atoms with Crippen LogP contribution in [-0.2, 0) is 4.79 Å². The van der Waals surface area contributed by atoms with Gasteiger partial charge >= 0.3 is 0 Å². The van der Waals surface area contributed by atoms with Gasteiger partial charge in [0.25, 0.3) is 0 Å². The molecule has 0 aromatic rings. The molecule has 0 saturated heterocycles. The molecule has 0 bridgehead atoms. The summed E-state index contributed by atoms with van der Waals surface area (Å²) in [7, 11) is 0. The lowest BCUT2D eigenvalue weighted by molar-refractivity contribution is -0.111. The second-order valence-corrected chi connectivity index (χ2v) is 3.43. The molecule has 1 atom stereocenters. The minimum Gasteiger partial charge on any atom is -0.286 e. The first-order chi connectivity index (χ1) is 4.22. The molecule has 0 heterocycles. The Morgan fingerprint density at radius 1 is 2.00 bits per heavy atom. The average Bonchev–Trinajstić information content (AvgIpc) is 1.82. The van der Waals surface area contributed by atoms with Crippen molar-refractivity contribution in [2.24, 2.45) is 0 Å². The number of halogens is 1. The molecule has 0 fully saturated rings. The number of rotatable bonds is 4. The third kappa shape index (κ3) is 4.46. The molecule has 0 spiro atoms. The van der Waals surface area contributed by atoms with Gasteiger partial charge in [0.1, 0.15) is 0 Å². The highest BCUT2D eigenvalue weighted by molar-refractivity contribution is 14.1. The van der Waals surface area contributed by atoms with Crippen LogP contribution in [0.25, 0.3) is 0 Å². The second-order valence-electron chi connectivity index (χ2n) is 1.46. The topological polar surface area (TPSA) is 29.1 Å². The minimum atomic E-state index is -0.107. The number of hydrogen-bond acceptors (Lipinski definition) is 3. The van der Waals surface area contributed by atoms with Crippen molar-refractivity contribution in [3.63, 3.8) is 0 Å². The van der Waals surface area contributed by atoms with E-state index in [4.69, 9.17) is 0 Å². The maximum Gasteiger partial charge on any atom is 0.204 e. The molecular weight excluding hydrogens is 269 g/mol. The highest BCUT2D eigenvalue weighted by atomic mass is 127. The van der Waals surface area contributed by atoms with Crippen LogP contribution in [0.2, 0.25) is 0 Å². The quantitative estimate of drug-likeness (QED) is 0.458. The Kier molecular flexibility index (Phi) is 6.50. The highest BCUT2D eigenvalue weighted by Gasteiger charge is 2.10. The standard InChI is InChI=1S/C4H8INOS2/c1-9-2-3(6-5)4(7)8/h3,6H,2H2,1H3,(H,7,8). The van der Waals surface area contributed by atoms with E-state index >= 15 is 0 Å². The van der Waals surface area contributed by atoms with Crippen molar-refractivity contribution < 1.29 is 4.79 Å². The average molecular weight is 277 g/mol. The van der Waals surface area contributed by atoms with E-state index < -0.39 is 0 Å². The van der Waals surface area contributed by atoms with E-state index in [1.807, 2.05) is 29.1 Å². The van der Waals surface area contributed by atoms with E-state index in [1.165, 1.54) is 0 Å². The summed E-state index contributed by atoms with van der Waals surface area (Å²) < 4.78 is 2.83. The molecule has 1 N–H and O–H groups in total. The molecule has 9 heavy (non-hydrogen) atoms. The zero-order chi connectivity index (χ0) is 7.28. The number of thioether (sulfide) groups is 1. The Bertz CT molecular complexity index is 101. The van der Waals surface area contributed by atoms with Crippen LogP contribution in [0, 0.1) is 0 Å². The second kappa shape index (κ2) is 5.82. The molecule has 0 amide bonds. The molecule has 54 valence electrons. The zero-order valence-corrected chi connectivity index (χ0v) is 8.79.